The first kappa shape index (κ1) is 20.5. The second kappa shape index (κ2) is 7.63. The van der Waals surface area contributed by atoms with E-state index in [-0.39, 0.29) is 10.8 Å². The van der Waals surface area contributed by atoms with Crippen LogP contribution in [0.1, 0.15) is 68.4 Å². The molecule has 0 saturated heterocycles. The van der Waals surface area contributed by atoms with E-state index in [0.717, 1.165) is 41.0 Å². The van der Waals surface area contributed by atoms with Gasteiger partial charge in [0.25, 0.3) is 0 Å². The van der Waals surface area contributed by atoms with Crippen LogP contribution in [0.5, 0.6) is 11.5 Å². The van der Waals surface area contributed by atoms with Crippen LogP contribution in [0.15, 0.2) is 30.3 Å². The summed E-state index contributed by atoms with van der Waals surface area (Å²) in [6.45, 7) is 9.81. The standard InChI is InChI=1S/C25H33NO2/c1-24(2)13-14-25(3,4)22-20(24)15-21(27-5)19(23(22)28-6)12-11-17-7-9-18(16-26)10-8-17/h7-12,15H,13-14,16,26H2,1-6H3. The van der Waals surface area contributed by atoms with Crippen LogP contribution in [0.3, 0.4) is 0 Å². The maximum Gasteiger partial charge on any atom is 0.133 e. The Bertz CT molecular complexity index is 876. The molecule has 3 heteroatoms. The van der Waals surface area contributed by atoms with Crippen molar-refractivity contribution in [3.05, 3.63) is 58.1 Å². The average Bonchev–Trinajstić information content (AvgIpc) is 2.69. The molecule has 2 N–H and O–H groups in total. The maximum absolute atomic E-state index is 5.99. The number of benzene rings is 2. The van der Waals surface area contributed by atoms with Gasteiger partial charge in [-0.2, -0.15) is 0 Å². The molecule has 2 aromatic carbocycles. The van der Waals surface area contributed by atoms with Crippen LogP contribution in [0.4, 0.5) is 0 Å². The van der Waals surface area contributed by atoms with E-state index >= 15 is 0 Å². The minimum absolute atomic E-state index is 0.0633. The summed E-state index contributed by atoms with van der Waals surface area (Å²) in [7, 11) is 3.50. The molecule has 0 unspecified atom stereocenters. The topological polar surface area (TPSA) is 44.5 Å². The molecule has 150 valence electrons. The summed E-state index contributed by atoms with van der Waals surface area (Å²) < 4.78 is 11.8. The van der Waals surface area contributed by atoms with Gasteiger partial charge in [-0.05, 0) is 52.5 Å². The number of fused-ring (bicyclic) bond motifs is 1. The first-order chi connectivity index (χ1) is 13.2. The summed E-state index contributed by atoms with van der Waals surface area (Å²) in [5.74, 6) is 1.79. The fraction of sp³-hybridized carbons (Fsp3) is 0.440. The van der Waals surface area contributed by atoms with Gasteiger partial charge < -0.3 is 15.2 Å². The fourth-order valence-electron chi connectivity index (χ4n) is 4.22. The van der Waals surface area contributed by atoms with Gasteiger partial charge in [-0.25, -0.2) is 0 Å². The lowest BCUT2D eigenvalue weighted by Gasteiger charge is -2.43. The largest absolute Gasteiger partial charge is 0.496 e. The number of ether oxygens (including phenoxy) is 2. The van der Waals surface area contributed by atoms with E-state index in [1.54, 1.807) is 14.2 Å². The number of nitrogens with two attached hydrogens (primary N) is 1. The zero-order valence-corrected chi connectivity index (χ0v) is 18.1. The number of hydrogen-bond acceptors (Lipinski definition) is 3. The number of rotatable bonds is 5. The van der Waals surface area contributed by atoms with Gasteiger partial charge in [0.2, 0.25) is 0 Å². The van der Waals surface area contributed by atoms with Crippen molar-refractivity contribution in [1.29, 1.82) is 0 Å². The summed E-state index contributed by atoms with van der Waals surface area (Å²) in [6.07, 6.45) is 6.50. The molecular weight excluding hydrogens is 346 g/mol. The Kier molecular flexibility index (Phi) is 5.58. The monoisotopic (exact) mass is 379 g/mol. The summed E-state index contributed by atoms with van der Waals surface area (Å²) in [4.78, 5) is 0. The smallest absolute Gasteiger partial charge is 0.133 e. The highest BCUT2D eigenvalue weighted by Gasteiger charge is 2.40. The SMILES string of the molecule is COc1cc2c(c(OC)c1C=Cc1ccc(CN)cc1)C(C)(C)CCC2(C)C. The minimum atomic E-state index is 0.0633. The molecule has 0 bridgehead atoms. The Balaban J connectivity index is 2.16. The van der Waals surface area contributed by atoms with Crippen LogP contribution in [0.2, 0.25) is 0 Å². The Morgan fingerprint density at radius 2 is 1.57 bits per heavy atom. The van der Waals surface area contributed by atoms with Crippen molar-refractivity contribution < 1.29 is 9.47 Å². The van der Waals surface area contributed by atoms with Crippen LogP contribution < -0.4 is 15.2 Å². The number of hydrogen-bond donors (Lipinski definition) is 1. The molecule has 0 aliphatic heterocycles. The summed E-state index contributed by atoms with van der Waals surface area (Å²) >= 11 is 0. The Morgan fingerprint density at radius 1 is 0.929 bits per heavy atom. The molecule has 0 radical (unpaired) electrons. The van der Waals surface area contributed by atoms with E-state index in [1.807, 2.05) is 0 Å². The normalized spacial score (nSPS) is 17.4. The zero-order chi connectivity index (χ0) is 20.5. The molecular formula is C25H33NO2. The van der Waals surface area contributed by atoms with Crippen molar-refractivity contribution in [2.45, 2.75) is 57.9 Å². The van der Waals surface area contributed by atoms with Gasteiger partial charge in [0, 0.05) is 12.1 Å². The molecule has 0 atom stereocenters. The molecule has 28 heavy (non-hydrogen) atoms. The van der Waals surface area contributed by atoms with E-state index in [2.05, 4.69) is 70.2 Å². The molecule has 0 saturated carbocycles. The van der Waals surface area contributed by atoms with Crippen molar-refractivity contribution in [1.82, 2.24) is 0 Å². The van der Waals surface area contributed by atoms with Gasteiger partial charge in [0.05, 0.1) is 19.8 Å². The van der Waals surface area contributed by atoms with Crippen LogP contribution in [-0.2, 0) is 17.4 Å². The Labute approximate surface area is 169 Å². The molecule has 0 fully saturated rings. The first-order valence-electron chi connectivity index (χ1n) is 10.0. The van der Waals surface area contributed by atoms with Crippen molar-refractivity contribution in [3.63, 3.8) is 0 Å². The van der Waals surface area contributed by atoms with E-state index in [4.69, 9.17) is 15.2 Å². The average molecular weight is 380 g/mol. The van der Waals surface area contributed by atoms with E-state index in [9.17, 15) is 0 Å². The van der Waals surface area contributed by atoms with Crippen LogP contribution in [0.25, 0.3) is 12.2 Å². The van der Waals surface area contributed by atoms with Gasteiger partial charge >= 0.3 is 0 Å². The quantitative estimate of drug-likeness (QED) is 0.680. The van der Waals surface area contributed by atoms with Crippen LogP contribution in [-0.4, -0.2) is 14.2 Å². The molecule has 0 amide bonds. The predicted molar refractivity (Wildman–Crippen MR) is 118 cm³/mol. The predicted octanol–water partition coefficient (Wildman–Crippen LogP) is 5.68. The molecule has 0 heterocycles. The van der Waals surface area contributed by atoms with Gasteiger partial charge in [-0.3, -0.25) is 0 Å². The summed E-state index contributed by atoms with van der Waals surface area (Å²) in [5, 5.41) is 0. The zero-order valence-electron chi connectivity index (χ0n) is 18.1. The molecule has 3 nitrogen and oxygen atoms in total. The van der Waals surface area contributed by atoms with Crippen molar-refractivity contribution >= 4 is 12.2 Å². The van der Waals surface area contributed by atoms with Crippen LogP contribution in [0, 0.1) is 0 Å². The van der Waals surface area contributed by atoms with E-state index in [0.29, 0.717) is 6.54 Å². The Hall–Kier alpha value is -2.26. The fourth-order valence-corrected chi connectivity index (χ4v) is 4.22. The van der Waals surface area contributed by atoms with Gasteiger partial charge in [0.1, 0.15) is 11.5 Å². The third-order valence-corrected chi connectivity index (χ3v) is 6.14. The second-order valence-corrected chi connectivity index (χ2v) is 9.00. The van der Waals surface area contributed by atoms with E-state index in [1.165, 1.54) is 11.1 Å². The lowest BCUT2D eigenvalue weighted by atomic mass is 9.62. The van der Waals surface area contributed by atoms with Gasteiger partial charge in [-0.1, -0.05) is 58.0 Å². The molecule has 3 rings (SSSR count). The highest BCUT2D eigenvalue weighted by Crippen LogP contribution is 2.52. The van der Waals surface area contributed by atoms with Crippen molar-refractivity contribution in [2.24, 2.45) is 5.73 Å². The third-order valence-electron chi connectivity index (χ3n) is 6.14. The van der Waals surface area contributed by atoms with Crippen LogP contribution >= 0.6 is 0 Å². The Morgan fingerprint density at radius 3 is 2.14 bits per heavy atom. The maximum atomic E-state index is 5.99. The lowest BCUT2D eigenvalue weighted by Crippen LogP contribution is -2.34. The number of methoxy groups -OCH3 is 2. The summed E-state index contributed by atoms with van der Waals surface area (Å²) in [5.41, 5.74) is 11.8. The first-order valence-corrected chi connectivity index (χ1v) is 10.0. The van der Waals surface area contributed by atoms with Crippen molar-refractivity contribution in [2.75, 3.05) is 14.2 Å². The molecule has 1 aliphatic rings. The third kappa shape index (κ3) is 3.68. The lowest BCUT2D eigenvalue weighted by molar-refractivity contribution is 0.307. The molecule has 0 spiro atoms. The summed E-state index contributed by atoms with van der Waals surface area (Å²) in [6, 6.07) is 10.5. The van der Waals surface area contributed by atoms with Gasteiger partial charge in [0.15, 0.2) is 0 Å². The second-order valence-electron chi connectivity index (χ2n) is 9.00. The van der Waals surface area contributed by atoms with Crippen molar-refractivity contribution in [3.8, 4) is 11.5 Å². The van der Waals surface area contributed by atoms with Gasteiger partial charge in [-0.15, -0.1) is 0 Å². The van der Waals surface area contributed by atoms with E-state index < -0.39 is 0 Å². The molecule has 0 aromatic heterocycles. The molecule has 1 aliphatic carbocycles. The molecule has 2 aromatic rings. The highest BCUT2D eigenvalue weighted by molar-refractivity contribution is 5.78. The minimum Gasteiger partial charge on any atom is -0.496 e. The highest BCUT2D eigenvalue weighted by atomic mass is 16.5.